The molecule has 0 aromatic carbocycles. The van der Waals surface area contributed by atoms with Crippen LogP contribution in [0.1, 0.15) is 0 Å². The van der Waals surface area contributed by atoms with Crippen molar-refractivity contribution in [2.24, 2.45) is 5.34 Å². The number of hydrogen-bond donors (Lipinski definition) is 1. The standard InChI is InChI=1S/C6H9N3O3/c10-8-12-5-4-9-2-1-3-11-6(9)7-5/h1,3,5-7H,2,4H2. The Morgan fingerprint density at radius 2 is 2.67 bits per heavy atom. The summed E-state index contributed by atoms with van der Waals surface area (Å²) in [5.41, 5.74) is 0. The molecule has 2 atom stereocenters. The summed E-state index contributed by atoms with van der Waals surface area (Å²) in [6.45, 7) is 1.41. The molecule has 2 heterocycles. The lowest BCUT2D eigenvalue weighted by Crippen LogP contribution is -2.39. The minimum Gasteiger partial charge on any atom is -0.470 e. The van der Waals surface area contributed by atoms with Gasteiger partial charge in [-0.15, -0.1) is 4.91 Å². The molecule has 6 nitrogen and oxygen atoms in total. The van der Waals surface area contributed by atoms with Crippen molar-refractivity contribution in [3.63, 3.8) is 0 Å². The van der Waals surface area contributed by atoms with E-state index >= 15 is 0 Å². The normalized spacial score (nSPS) is 34.0. The molecule has 0 radical (unpaired) electrons. The van der Waals surface area contributed by atoms with E-state index in [4.69, 9.17) is 4.74 Å². The molecule has 1 N–H and O–H groups in total. The zero-order chi connectivity index (χ0) is 8.39. The van der Waals surface area contributed by atoms with Crippen LogP contribution in [0.25, 0.3) is 0 Å². The van der Waals surface area contributed by atoms with E-state index in [1.165, 1.54) is 0 Å². The Morgan fingerprint density at radius 3 is 3.42 bits per heavy atom. The van der Waals surface area contributed by atoms with Crippen LogP contribution in [0.2, 0.25) is 0 Å². The second kappa shape index (κ2) is 3.08. The number of nitrogens with zero attached hydrogens (tertiary/aromatic N) is 2. The number of rotatable bonds is 2. The molecule has 0 aromatic heterocycles. The van der Waals surface area contributed by atoms with Gasteiger partial charge in [0.1, 0.15) is 0 Å². The molecule has 2 unspecified atom stereocenters. The van der Waals surface area contributed by atoms with Crippen LogP contribution < -0.4 is 5.32 Å². The first kappa shape index (κ1) is 7.51. The average molecular weight is 171 g/mol. The van der Waals surface area contributed by atoms with Crippen molar-refractivity contribution < 1.29 is 9.57 Å². The van der Waals surface area contributed by atoms with Crippen LogP contribution in [0.5, 0.6) is 0 Å². The molecule has 2 aliphatic rings. The maximum Gasteiger partial charge on any atom is 0.211 e. The van der Waals surface area contributed by atoms with Gasteiger partial charge in [-0.25, -0.2) is 10.2 Å². The predicted molar refractivity (Wildman–Crippen MR) is 39.4 cm³/mol. The van der Waals surface area contributed by atoms with Crippen molar-refractivity contribution in [2.75, 3.05) is 13.1 Å². The van der Waals surface area contributed by atoms with Crippen LogP contribution in [0.4, 0.5) is 0 Å². The highest BCUT2D eigenvalue weighted by Crippen LogP contribution is 2.14. The van der Waals surface area contributed by atoms with Gasteiger partial charge in [0, 0.05) is 6.54 Å². The van der Waals surface area contributed by atoms with Gasteiger partial charge >= 0.3 is 0 Å². The summed E-state index contributed by atoms with van der Waals surface area (Å²) in [6.07, 6.45) is 2.99. The van der Waals surface area contributed by atoms with Gasteiger partial charge in [0.05, 0.1) is 12.8 Å². The van der Waals surface area contributed by atoms with Gasteiger partial charge in [0.2, 0.25) is 6.35 Å². The molecular formula is C6H9N3O3. The third kappa shape index (κ3) is 1.26. The molecular weight excluding hydrogens is 162 g/mol. The van der Waals surface area contributed by atoms with E-state index in [1.807, 2.05) is 11.0 Å². The van der Waals surface area contributed by atoms with Gasteiger partial charge in [-0.05, 0) is 6.08 Å². The van der Waals surface area contributed by atoms with Crippen LogP contribution in [-0.2, 0) is 9.57 Å². The van der Waals surface area contributed by atoms with Crippen LogP contribution in [0.3, 0.4) is 0 Å². The summed E-state index contributed by atoms with van der Waals surface area (Å²) in [5, 5.41) is 5.29. The van der Waals surface area contributed by atoms with Crippen molar-refractivity contribution in [1.82, 2.24) is 10.2 Å². The van der Waals surface area contributed by atoms with Gasteiger partial charge in [-0.1, -0.05) is 0 Å². The summed E-state index contributed by atoms with van der Waals surface area (Å²) in [5.74, 6) is 0. The first-order valence-electron chi connectivity index (χ1n) is 3.69. The van der Waals surface area contributed by atoms with Gasteiger partial charge < -0.3 is 9.57 Å². The van der Waals surface area contributed by atoms with E-state index < -0.39 is 0 Å². The van der Waals surface area contributed by atoms with Crippen molar-refractivity contribution in [3.8, 4) is 0 Å². The molecule has 12 heavy (non-hydrogen) atoms. The Balaban J connectivity index is 1.93. The van der Waals surface area contributed by atoms with E-state index in [2.05, 4.69) is 15.5 Å². The fourth-order valence-corrected chi connectivity index (χ4v) is 1.35. The fraction of sp³-hybridized carbons (Fsp3) is 0.667. The third-order valence-electron chi connectivity index (χ3n) is 1.87. The van der Waals surface area contributed by atoms with Crippen LogP contribution in [0.15, 0.2) is 17.7 Å². The largest absolute Gasteiger partial charge is 0.470 e. The molecule has 2 aliphatic heterocycles. The Labute approximate surface area is 69.0 Å². The highest BCUT2D eigenvalue weighted by molar-refractivity contribution is 4.89. The second-order valence-corrected chi connectivity index (χ2v) is 2.65. The van der Waals surface area contributed by atoms with Gasteiger partial charge in [-0.3, -0.25) is 0 Å². The Hall–Kier alpha value is -1.14. The summed E-state index contributed by atoms with van der Waals surface area (Å²) in [7, 11) is 0. The molecule has 0 spiro atoms. The van der Waals surface area contributed by atoms with Crippen LogP contribution in [-0.4, -0.2) is 30.6 Å². The Kier molecular flexibility index (Phi) is 1.92. The lowest BCUT2D eigenvalue weighted by atomic mass is 10.5. The van der Waals surface area contributed by atoms with E-state index in [9.17, 15) is 4.91 Å². The highest BCUT2D eigenvalue weighted by atomic mass is 16.7. The van der Waals surface area contributed by atoms with E-state index in [1.54, 1.807) is 6.26 Å². The third-order valence-corrected chi connectivity index (χ3v) is 1.87. The maximum atomic E-state index is 9.78. The molecule has 1 fully saturated rings. The molecule has 0 saturated carbocycles. The molecule has 0 amide bonds. The van der Waals surface area contributed by atoms with Crippen molar-refractivity contribution in [2.45, 2.75) is 12.6 Å². The lowest BCUT2D eigenvalue weighted by molar-refractivity contribution is -0.00842. The fourth-order valence-electron chi connectivity index (χ4n) is 1.35. The predicted octanol–water partition coefficient (Wildman–Crippen LogP) is -0.257. The molecule has 66 valence electrons. The summed E-state index contributed by atoms with van der Waals surface area (Å²) in [4.78, 5) is 16.3. The number of fused-ring (bicyclic) bond motifs is 1. The van der Waals surface area contributed by atoms with Crippen molar-refractivity contribution >= 4 is 0 Å². The van der Waals surface area contributed by atoms with Crippen molar-refractivity contribution in [1.29, 1.82) is 0 Å². The molecule has 0 bridgehead atoms. The summed E-state index contributed by atoms with van der Waals surface area (Å²) >= 11 is 0. The molecule has 2 rings (SSSR count). The zero-order valence-electron chi connectivity index (χ0n) is 6.34. The summed E-state index contributed by atoms with van der Waals surface area (Å²) in [6, 6.07) is 0. The number of hydrogen-bond acceptors (Lipinski definition) is 6. The van der Waals surface area contributed by atoms with Gasteiger partial charge in [0.25, 0.3) is 0 Å². The minimum absolute atomic E-state index is 0.179. The number of nitrogens with one attached hydrogen (secondary N) is 1. The van der Waals surface area contributed by atoms with Crippen LogP contribution >= 0.6 is 0 Å². The Morgan fingerprint density at radius 1 is 1.75 bits per heavy atom. The first-order valence-corrected chi connectivity index (χ1v) is 3.69. The maximum absolute atomic E-state index is 9.78. The van der Waals surface area contributed by atoms with Crippen LogP contribution in [0, 0.1) is 4.91 Å². The van der Waals surface area contributed by atoms with E-state index in [-0.39, 0.29) is 12.6 Å². The monoisotopic (exact) mass is 171 g/mol. The molecule has 6 heteroatoms. The quantitative estimate of drug-likeness (QED) is 0.458. The molecule has 1 saturated heterocycles. The smallest absolute Gasteiger partial charge is 0.211 e. The highest BCUT2D eigenvalue weighted by Gasteiger charge is 2.34. The van der Waals surface area contributed by atoms with Crippen molar-refractivity contribution in [3.05, 3.63) is 17.2 Å². The molecule has 0 aliphatic carbocycles. The Bertz CT molecular complexity index is 192. The lowest BCUT2D eigenvalue weighted by Gasteiger charge is -2.24. The molecule has 0 aromatic rings. The second-order valence-electron chi connectivity index (χ2n) is 2.65. The first-order chi connectivity index (χ1) is 5.90. The average Bonchev–Trinajstić information content (AvgIpc) is 2.47. The zero-order valence-corrected chi connectivity index (χ0v) is 6.34. The van der Waals surface area contributed by atoms with E-state index in [0.717, 1.165) is 6.54 Å². The van der Waals surface area contributed by atoms with Gasteiger partial charge in [-0.2, -0.15) is 0 Å². The minimum atomic E-state index is -0.354. The summed E-state index contributed by atoms with van der Waals surface area (Å²) < 4.78 is 5.19. The SMILES string of the molecule is O=NOC1CN2CC=COC2N1. The topological polar surface area (TPSA) is 63.2 Å². The van der Waals surface area contributed by atoms with Gasteiger partial charge in [0.15, 0.2) is 11.6 Å². The van der Waals surface area contributed by atoms with E-state index in [0.29, 0.717) is 6.54 Å². The number of ether oxygens (including phenoxy) is 1.